The zero-order valence-electron chi connectivity index (χ0n) is 33.6. The molecule has 11 rings (SSSR count). The predicted octanol–water partition coefficient (Wildman–Crippen LogP) is 17.0. The molecule has 0 aliphatic rings. The van der Waals surface area contributed by atoms with Crippen molar-refractivity contribution < 1.29 is 0 Å². The summed E-state index contributed by atoms with van der Waals surface area (Å²) >= 11 is 0. The molecule has 61 heavy (non-hydrogen) atoms. The Morgan fingerprint density at radius 2 is 0.393 bits per heavy atom. The van der Waals surface area contributed by atoms with Gasteiger partial charge in [-0.1, -0.05) is 206 Å². The number of hydrogen-bond acceptors (Lipinski definition) is 1. The number of fused-ring (bicyclic) bond motifs is 6. The number of nitrogens with zero attached hydrogens (tertiary/aromatic N) is 1. The first kappa shape index (κ1) is 36.1. The van der Waals surface area contributed by atoms with Crippen molar-refractivity contribution in [3.05, 3.63) is 249 Å². The molecule has 11 aromatic carbocycles. The molecular formula is C60H41N. The van der Waals surface area contributed by atoms with E-state index in [1.807, 2.05) is 0 Å². The minimum absolute atomic E-state index is 1.10. The highest BCUT2D eigenvalue weighted by atomic mass is 15.1. The number of benzene rings is 11. The average molecular weight is 776 g/mol. The Morgan fingerprint density at radius 3 is 0.738 bits per heavy atom. The summed E-state index contributed by atoms with van der Waals surface area (Å²) in [4.78, 5) is 2.36. The summed E-state index contributed by atoms with van der Waals surface area (Å²) < 4.78 is 0. The molecule has 0 heterocycles. The van der Waals surface area contributed by atoms with Gasteiger partial charge in [-0.25, -0.2) is 0 Å². The molecule has 0 aromatic heterocycles. The summed E-state index contributed by atoms with van der Waals surface area (Å²) in [7, 11) is 0. The first-order valence-electron chi connectivity index (χ1n) is 21.0. The largest absolute Gasteiger partial charge is 0.311 e. The third kappa shape index (κ3) is 6.93. The highest BCUT2D eigenvalue weighted by Gasteiger charge is 2.15. The number of rotatable bonds is 8. The van der Waals surface area contributed by atoms with Crippen LogP contribution in [0.4, 0.5) is 17.1 Å². The smallest absolute Gasteiger partial charge is 0.0462 e. The molecule has 0 radical (unpaired) electrons. The molecule has 0 N–H and O–H groups in total. The van der Waals surface area contributed by atoms with Crippen LogP contribution in [0.5, 0.6) is 0 Å². The Hall–Kier alpha value is -8.00. The molecule has 0 amide bonds. The van der Waals surface area contributed by atoms with Crippen LogP contribution in [0.2, 0.25) is 0 Å². The van der Waals surface area contributed by atoms with Gasteiger partial charge in [0, 0.05) is 17.1 Å². The molecule has 0 unspecified atom stereocenters. The van der Waals surface area contributed by atoms with Crippen molar-refractivity contribution in [1.29, 1.82) is 0 Å². The lowest BCUT2D eigenvalue weighted by molar-refractivity contribution is 1.28. The van der Waals surface area contributed by atoms with Crippen molar-refractivity contribution in [3.8, 4) is 55.6 Å². The van der Waals surface area contributed by atoms with E-state index in [1.165, 1.54) is 88.0 Å². The van der Waals surface area contributed by atoms with Crippen LogP contribution in [0.15, 0.2) is 249 Å². The van der Waals surface area contributed by atoms with E-state index in [0.717, 1.165) is 17.1 Å². The summed E-state index contributed by atoms with van der Waals surface area (Å²) in [6, 6.07) is 90.2. The summed E-state index contributed by atoms with van der Waals surface area (Å²) in [6.45, 7) is 0. The number of hydrogen-bond donors (Lipinski definition) is 0. The zero-order chi connectivity index (χ0) is 40.5. The van der Waals surface area contributed by atoms with Gasteiger partial charge in [0.05, 0.1) is 0 Å². The van der Waals surface area contributed by atoms with E-state index in [2.05, 4.69) is 254 Å². The fourth-order valence-electron chi connectivity index (χ4n) is 8.91. The van der Waals surface area contributed by atoms with E-state index in [9.17, 15) is 0 Å². The van der Waals surface area contributed by atoms with Crippen LogP contribution in [0.1, 0.15) is 0 Å². The van der Waals surface area contributed by atoms with Crippen LogP contribution in [-0.2, 0) is 0 Å². The predicted molar refractivity (Wildman–Crippen MR) is 261 cm³/mol. The Morgan fingerprint density at radius 1 is 0.164 bits per heavy atom. The molecule has 1 nitrogen and oxygen atoms in total. The lowest BCUT2D eigenvalue weighted by Crippen LogP contribution is -2.09. The van der Waals surface area contributed by atoms with Gasteiger partial charge in [0.15, 0.2) is 0 Å². The van der Waals surface area contributed by atoms with Gasteiger partial charge in [-0.3, -0.25) is 0 Å². The van der Waals surface area contributed by atoms with Crippen LogP contribution >= 0.6 is 0 Å². The van der Waals surface area contributed by atoms with E-state index in [4.69, 9.17) is 0 Å². The van der Waals surface area contributed by atoms with E-state index in [-0.39, 0.29) is 0 Å². The maximum absolute atomic E-state index is 2.37. The first-order chi connectivity index (χ1) is 30.2. The molecule has 0 saturated carbocycles. The quantitative estimate of drug-likeness (QED) is 0.139. The van der Waals surface area contributed by atoms with Crippen molar-refractivity contribution in [3.63, 3.8) is 0 Å². The average Bonchev–Trinajstić information content (AvgIpc) is 3.35. The Labute approximate surface area is 357 Å². The molecule has 1 heteroatoms. The second-order valence-electron chi connectivity index (χ2n) is 15.7. The summed E-state index contributed by atoms with van der Waals surface area (Å²) in [6.07, 6.45) is 0. The monoisotopic (exact) mass is 775 g/mol. The lowest BCUT2D eigenvalue weighted by Gasteiger charge is -2.26. The van der Waals surface area contributed by atoms with E-state index < -0.39 is 0 Å². The Bertz CT molecular complexity index is 3120. The fraction of sp³-hybridized carbons (Fsp3) is 0. The lowest BCUT2D eigenvalue weighted by atomic mass is 9.92. The van der Waals surface area contributed by atoms with Gasteiger partial charge in [-0.15, -0.1) is 0 Å². The van der Waals surface area contributed by atoms with Gasteiger partial charge in [-0.05, 0) is 130 Å². The SMILES string of the molecule is c1ccc(-c2ccc(-c3ccc(N(c4ccc(-c5ccc(-c6ccccc6)cc5)cc4)c4ccc(-c5ccc6c7ccccc7c7ccccc7c6c5)cc4)cc3)cc2)cc1. The molecule has 0 spiro atoms. The first-order valence-corrected chi connectivity index (χ1v) is 21.0. The zero-order valence-corrected chi connectivity index (χ0v) is 33.6. The van der Waals surface area contributed by atoms with Crippen LogP contribution in [0.25, 0.3) is 88.0 Å². The van der Waals surface area contributed by atoms with E-state index in [0.29, 0.717) is 0 Å². The Balaban J connectivity index is 0.942. The second-order valence-corrected chi connectivity index (χ2v) is 15.7. The molecule has 11 aromatic rings. The molecule has 0 aliphatic carbocycles. The van der Waals surface area contributed by atoms with Crippen molar-refractivity contribution in [2.24, 2.45) is 0 Å². The van der Waals surface area contributed by atoms with E-state index in [1.54, 1.807) is 0 Å². The normalized spacial score (nSPS) is 11.3. The van der Waals surface area contributed by atoms with Gasteiger partial charge in [-0.2, -0.15) is 0 Å². The molecule has 0 fully saturated rings. The third-order valence-corrected chi connectivity index (χ3v) is 12.1. The molecule has 0 bridgehead atoms. The highest BCUT2D eigenvalue weighted by Crippen LogP contribution is 2.40. The summed E-state index contributed by atoms with van der Waals surface area (Å²) in [5.74, 6) is 0. The molecule has 0 aliphatic heterocycles. The number of anilines is 3. The molecule has 0 atom stereocenters. The van der Waals surface area contributed by atoms with Gasteiger partial charge < -0.3 is 4.90 Å². The Kier molecular flexibility index (Phi) is 9.26. The minimum atomic E-state index is 1.10. The van der Waals surface area contributed by atoms with Crippen molar-refractivity contribution in [1.82, 2.24) is 0 Å². The third-order valence-electron chi connectivity index (χ3n) is 12.1. The van der Waals surface area contributed by atoms with Crippen molar-refractivity contribution in [2.75, 3.05) is 4.90 Å². The van der Waals surface area contributed by atoms with Crippen LogP contribution in [0, 0.1) is 0 Å². The van der Waals surface area contributed by atoms with Crippen LogP contribution in [-0.4, -0.2) is 0 Å². The van der Waals surface area contributed by atoms with Gasteiger partial charge in [0.2, 0.25) is 0 Å². The minimum Gasteiger partial charge on any atom is -0.311 e. The van der Waals surface area contributed by atoms with Gasteiger partial charge >= 0.3 is 0 Å². The summed E-state index contributed by atoms with van der Waals surface area (Å²) in [5.41, 5.74) is 15.3. The topological polar surface area (TPSA) is 3.24 Å². The van der Waals surface area contributed by atoms with Gasteiger partial charge in [0.1, 0.15) is 0 Å². The maximum Gasteiger partial charge on any atom is 0.0462 e. The summed E-state index contributed by atoms with van der Waals surface area (Å²) in [5, 5.41) is 7.73. The maximum atomic E-state index is 2.37. The molecule has 0 saturated heterocycles. The fourth-order valence-corrected chi connectivity index (χ4v) is 8.91. The van der Waals surface area contributed by atoms with Crippen molar-refractivity contribution in [2.45, 2.75) is 0 Å². The highest BCUT2D eigenvalue weighted by molar-refractivity contribution is 6.25. The second kappa shape index (κ2) is 15.6. The molecular weight excluding hydrogens is 735 g/mol. The van der Waals surface area contributed by atoms with Gasteiger partial charge in [0.25, 0.3) is 0 Å². The standard InChI is InChI=1S/C60H41N/c1-3-11-42(12-4-1)44-19-23-46(24-20-44)48-27-34-52(35-28-48)61(53-36-29-49(30-37-53)47-25-21-45(22-26-47)43-13-5-2-6-14-43)54-38-31-50(32-39-54)51-33-40-59-57-17-8-7-15-55(57)56-16-9-10-18-58(56)60(59)41-51/h1-41H. The van der Waals surface area contributed by atoms with E-state index >= 15 is 0 Å². The van der Waals surface area contributed by atoms with Crippen LogP contribution < -0.4 is 4.90 Å². The molecule has 286 valence electrons. The van der Waals surface area contributed by atoms with Crippen molar-refractivity contribution >= 4 is 49.4 Å². The van der Waals surface area contributed by atoms with Crippen LogP contribution in [0.3, 0.4) is 0 Å².